The van der Waals surface area contributed by atoms with Crippen molar-refractivity contribution in [3.63, 3.8) is 0 Å². The third-order valence-electron chi connectivity index (χ3n) is 1.72. The van der Waals surface area contributed by atoms with Gasteiger partial charge in [0.1, 0.15) is 0 Å². The highest BCUT2D eigenvalue weighted by Crippen LogP contribution is 2.20. The smallest absolute Gasteiger partial charge is 0.185 e. The number of anilines is 1. The predicted molar refractivity (Wildman–Crippen MR) is 63.0 cm³/mol. The second-order valence-electron chi connectivity index (χ2n) is 4.61. The number of aromatic nitrogens is 1. The fourth-order valence-corrected chi connectivity index (χ4v) is 1.71. The van der Waals surface area contributed by atoms with Crippen molar-refractivity contribution in [2.45, 2.75) is 32.9 Å². The molecule has 0 spiro atoms. The Balaban J connectivity index is 2.52. The molecular formula is C10H19N3S. The molecule has 1 aromatic rings. The lowest BCUT2D eigenvalue weighted by molar-refractivity contribution is 0.426. The van der Waals surface area contributed by atoms with Crippen LogP contribution in [0.1, 0.15) is 25.6 Å². The average Bonchev–Trinajstić information content (AvgIpc) is 2.47. The van der Waals surface area contributed by atoms with E-state index in [0.717, 1.165) is 11.7 Å². The summed E-state index contributed by atoms with van der Waals surface area (Å²) in [5, 5.41) is 4.51. The summed E-state index contributed by atoms with van der Waals surface area (Å²) in [4.78, 5) is 7.63. The SMILES string of the molecule is CN(C)c1ncc(CNC(C)(C)C)s1. The number of thiazole rings is 1. The lowest BCUT2D eigenvalue weighted by atomic mass is 10.1. The standard InChI is InChI=1S/C10H19N3S/c1-10(2,3)12-7-8-6-11-9(14-8)13(4)5/h6,12H,7H2,1-5H3. The van der Waals surface area contributed by atoms with Crippen molar-refractivity contribution in [3.05, 3.63) is 11.1 Å². The molecule has 1 heterocycles. The van der Waals surface area contributed by atoms with Gasteiger partial charge in [0, 0.05) is 37.3 Å². The molecule has 0 aromatic carbocycles. The Morgan fingerprint density at radius 1 is 1.43 bits per heavy atom. The topological polar surface area (TPSA) is 28.2 Å². The maximum absolute atomic E-state index is 4.32. The molecule has 80 valence electrons. The Bertz CT molecular complexity index is 286. The molecule has 4 heteroatoms. The van der Waals surface area contributed by atoms with Crippen LogP contribution < -0.4 is 10.2 Å². The molecule has 1 rings (SSSR count). The van der Waals surface area contributed by atoms with E-state index in [4.69, 9.17) is 0 Å². The monoisotopic (exact) mass is 213 g/mol. The largest absolute Gasteiger partial charge is 0.354 e. The first kappa shape index (κ1) is 11.5. The minimum atomic E-state index is 0.169. The summed E-state index contributed by atoms with van der Waals surface area (Å²) in [6, 6.07) is 0. The second kappa shape index (κ2) is 4.28. The van der Waals surface area contributed by atoms with Crippen molar-refractivity contribution < 1.29 is 0 Å². The van der Waals surface area contributed by atoms with Crippen LogP contribution in [0.15, 0.2) is 6.20 Å². The van der Waals surface area contributed by atoms with Crippen molar-refractivity contribution >= 4 is 16.5 Å². The Morgan fingerprint density at radius 3 is 2.50 bits per heavy atom. The van der Waals surface area contributed by atoms with E-state index in [1.165, 1.54) is 4.88 Å². The van der Waals surface area contributed by atoms with Crippen molar-refractivity contribution in [1.29, 1.82) is 0 Å². The Hall–Kier alpha value is -0.610. The summed E-state index contributed by atoms with van der Waals surface area (Å²) in [5.41, 5.74) is 0.169. The maximum Gasteiger partial charge on any atom is 0.185 e. The summed E-state index contributed by atoms with van der Waals surface area (Å²) in [7, 11) is 4.03. The van der Waals surface area contributed by atoms with E-state index in [9.17, 15) is 0 Å². The first-order valence-electron chi connectivity index (χ1n) is 4.75. The lowest BCUT2D eigenvalue weighted by Gasteiger charge is -2.19. The van der Waals surface area contributed by atoms with Gasteiger partial charge in [-0.3, -0.25) is 0 Å². The first-order chi connectivity index (χ1) is 6.38. The van der Waals surface area contributed by atoms with Crippen LogP contribution in [-0.4, -0.2) is 24.6 Å². The quantitative estimate of drug-likeness (QED) is 0.833. The minimum Gasteiger partial charge on any atom is -0.354 e. The number of hydrogen-bond donors (Lipinski definition) is 1. The summed E-state index contributed by atoms with van der Waals surface area (Å²) < 4.78 is 0. The fraction of sp³-hybridized carbons (Fsp3) is 0.700. The molecule has 1 aromatic heterocycles. The fourth-order valence-electron chi connectivity index (χ4n) is 0.938. The van der Waals surface area contributed by atoms with Gasteiger partial charge in [-0.05, 0) is 20.8 Å². The number of hydrogen-bond acceptors (Lipinski definition) is 4. The van der Waals surface area contributed by atoms with Crippen LogP contribution in [0, 0.1) is 0 Å². The van der Waals surface area contributed by atoms with Crippen LogP contribution in [-0.2, 0) is 6.54 Å². The molecule has 0 saturated carbocycles. The van der Waals surface area contributed by atoms with Crippen LogP contribution in [0.4, 0.5) is 5.13 Å². The van der Waals surface area contributed by atoms with Crippen molar-refractivity contribution in [3.8, 4) is 0 Å². The van der Waals surface area contributed by atoms with Crippen molar-refractivity contribution in [1.82, 2.24) is 10.3 Å². The Kier molecular flexibility index (Phi) is 3.50. The van der Waals surface area contributed by atoms with Crippen LogP contribution in [0.2, 0.25) is 0 Å². The zero-order valence-electron chi connectivity index (χ0n) is 9.59. The van der Waals surface area contributed by atoms with Gasteiger partial charge in [0.05, 0.1) is 0 Å². The van der Waals surface area contributed by atoms with Gasteiger partial charge >= 0.3 is 0 Å². The molecular weight excluding hydrogens is 194 g/mol. The van der Waals surface area contributed by atoms with Gasteiger partial charge in [0.2, 0.25) is 0 Å². The van der Waals surface area contributed by atoms with Gasteiger partial charge in [-0.25, -0.2) is 4.98 Å². The molecule has 0 unspecified atom stereocenters. The molecule has 0 bridgehead atoms. The van der Waals surface area contributed by atoms with E-state index < -0.39 is 0 Å². The molecule has 0 radical (unpaired) electrons. The first-order valence-corrected chi connectivity index (χ1v) is 5.57. The van der Waals surface area contributed by atoms with Crippen LogP contribution in [0.5, 0.6) is 0 Å². The molecule has 0 saturated heterocycles. The summed E-state index contributed by atoms with van der Waals surface area (Å²) in [6.45, 7) is 7.40. The van der Waals surface area contributed by atoms with E-state index in [0.29, 0.717) is 0 Å². The highest BCUT2D eigenvalue weighted by molar-refractivity contribution is 7.15. The zero-order chi connectivity index (χ0) is 10.8. The highest BCUT2D eigenvalue weighted by Gasteiger charge is 2.10. The van der Waals surface area contributed by atoms with Crippen LogP contribution in [0.25, 0.3) is 0 Å². The molecule has 0 aliphatic carbocycles. The number of nitrogens with zero attached hydrogens (tertiary/aromatic N) is 2. The number of rotatable bonds is 3. The average molecular weight is 213 g/mol. The van der Waals surface area contributed by atoms with E-state index in [1.54, 1.807) is 11.3 Å². The third-order valence-corrected chi connectivity index (χ3v) is 2.88. The molecule has 3 nitrogen and oxygen atoms in total. The van der Waals surface area contributed by atoms with E-state index in [-0.39, 0.29) is 5.54 Å². The normalized spacial score (nSPS) is 11.8. The molecule has 0 fully saturated rings. The van der Waals surface area contributed by atoms with Gasteiger partial charge < -0.3 is 10.2 Å². The summed E-state index contributed by atoms with van der Waals surface area (Å²) in [6.07, 6.45) is 1.94. The van der Waals surface area contributed by atoms with E-state index in [1.807, 2.05) is 25.2 Å². The van der Waals surface area contributed by atoms with Gasteiger partial charge in [0.25, 0.3) is 0 Å². The van der Waals surface area contributed by atoms with Gasteiger partial charge in [0.15, 0.2) is 5.13 Å². The summed E-state index contributed by atoms with van der Waals surface area (Å²) >= 11 is 1.73. The van der Waals surface area contributed by atoms with Crippen molar-refractivity contribution in [2.75, 3.05) is 19.0 Å². The van der Waals surface area contributed by atoms with E-state index >= 15 is 0 Å². The lowest BCUT2D eigenvalue weighted by Crippen LogP contribution is -2.34. The van der Waals surface area contributed by atoms with Gasteiger partial charge in [-0.15, -0.1) is 11.3 Å². The molecule has 14 heavy (non-hydrogen) atoms. The van der Waals surface area contributed by atoms with Crippen LogP contribution >= 0.6 is 11.3 Å². The molecule has 0 amide bonds. The van der Waals surface area contributed by atoms with Gasteiger partial charge in [-0.1, -0.05) is 0 Å². The molecule has 0 aliphatic rings. The van der Waals surface area contributed by atoms with Crippen LogP contribution in [0.3, 0.4) is 0 Å². The third kappa shape index (κ3) is 3.64. The summed E-state index contributed by atoms with van der Waals surface area (Å²) in [5.74, 6) is 0. The highest BCUT2D eigenvalue weighted by atomic mass is 32.1. The van der Waals surface area contributed by atoms with Crippen molar-refractivity contribution in [2.24, 2.45) is 0 Å². The number of nitrogens with one attached hydrogen (secondary N) is 1. The maximum atomic E-state index is 4.32. The Labute approximate surface area is 90.2 Å². The Morgan fingerprint density at radius 2 is 2.07 bits per heavy atom. The minimum absolute atomic E-state index is 0.169. The molecule has 0 atom stereocenters. The predicted octanol–water partition coefficient (Wildman–Crippen LogP) is 2.10. The molecule has 1 N–H and O–H groups in total. The van der Waals surface area contributed by atoms with E-state index in [2.05, 4.69) is 31.1 Å². The zero-order valence-corrected chi connectivity index (χ0v) is 10.4. The van der Waals surface area contributed by atoms with Gasteiger partial charge in [-0.2, -0.15) is 0 Å². The molecule has 0 aliphatic heterocycles. The second-order valence-corrected chi connectivity index (χ2v) is 5.70.